The molecule has 0 aromatic carbocycles. The first-order valence-corrected chi connectivity index (χ1v) is 10.2. The minimum atomic E-state index is -1.50. The van der Waals surface area contributed by atoms with Crippen molar-refractivity contribution >= 4 is 27.9 Å². The number of ether oxygens (including phenoxy) is 2. The molecule has 0 atom stereocenters. The molecule has 167 valence electrons. The van der Waals surface area contributed by atoms with Crippen molar-refractivity contribution in [1.29, 1.82) is 0 Å². The normalized spacial score (nSPS) is 8.74. The van der Waals surface area contributed by atoms with E-state index in [0.29, 0.717) is 26.1 Å². The molecule has 27 heavy (non-hydrogen) atoms. The van der Waals surface area contributed by atoms with Gasteiger partial charge in [0.05, 0.1) is 13.2 Å². The Morgan fingerprint density at radius 2 is 1.26 bits per heavy atom. The van der Waals surface area contributed by atoms with Gasteiger partial charge in [-0.25, -0.2) is 0 Å². The van der Waals surface area contributed by atoms with Crippen molar-refractivity contribution in [2.45, 2.75) is 78.6 Å². The zero-order chi connectivity index (χ0) is 20.6. The van der Waals surface area contributed by atoms with Crippen LogP contribution in [0.15, 0.2) is 0 Å². The van der Waals surface area contributed by atoms with Crippen LogP contribution in [0.3, 0.4) is 0 Å². The van der Waals surface area contributed by atoms with Crippen LogP contribution in [0.25, 0.3) is 0 Å². The minimum absolute atomic E-state index is 0. The minimum Gasteiger partial charge on any atom is -0.466 e. The van der Waals surface area contributed by atoms with Crippen LogP contribution in [-0.4, -0.2) is 40.8 Å². The molecule has 0 aliphatic carbocycles. The molecule has 0 rings (SSSR count). The topological polar surface area (TPSA) is 116 Å². The second-order valence-electron chi connectivity index (χ2n) is 5.16. The van der Waals surface area contributed by atoms with Crippen molar-refractivity contribution in [2.24, 2.45) is 0 Å². The molecule has 0 amide bonds. The van der Waals surface area contributed by atoms with Gasteiger partial charge in [-0.3, -0.25) is 9.59 Å². The van der Waals surface area contributed by atoms with Crippen LogP contribution in [0, 0.1) is 10.1 Å². The van der Waals surface area contributed by atoms with Gasteiger partial charge in [-0.05, 0) is 33.1 Å². The molecular formula is C17H34AgBrNO7. The number of esters is 2. The van der Waals surface area contributed by atoms with Crippen LogP contribution in [0.5, 0.6) is 0 Å². The second kappa shape index (κ2) is 30.1. The van der Waals surface area contributed by atoms with Gasteiger partial charge in [0.2, 0.25) is 0 Å². The van der Waals surface area contributed by atoms with Crippen LogP contribution in [0.4, 0.5) is 0 Å². The van der Waals surface area contributed by atoms with Crippen LogP contribution in [0.1, 0.15) is 78.6 Å². The largest absolute Gasteiger partial charge is 0.466 e. The third kappa shape index (κ3) is 45.9. The van der Waals surface area contributed by atoms with E-state index in [4.69, 9.17) is 24.8 Å². The smallest absolute Gasteiger partial charge is 0.305 e. The van der Waals surface area contributed by atoms with Gasteiger partial charge in [0.25, 0.3) is 5.09 Å². The van der Waals surface area contributed by atoms with Crippen LogP contribution < -0.4 is 0 Å². The molecule has 0 fully saturated rings. The number of rotatable bonds is 12. The number of alkyl halides is 1. The van der Waals surface area contributed by atoms with Crippen LogP contribution in [-0.2, 0) is 41.4 Å². The van der Waals surface area contributed by atoms with Gasteiger partial charge in [-0.2, -0.15) is 0 Å². The van der Waals surface area contributed by atoms with Crippen molar-refractivity contribution < 1.29 is 51.7 Å². The Kier molecular flexibility index (Phi) is 37.8. The Labute approximate surface area is 186 Å². The fourth-order valence-corrected chi connectivity index (χ4v) is 2.10. The molecule has 0 heterocycles. The standard InChI is InChI=1S/C9H18O2.C8H15BrO2.Ag.HNO3/c1-3-5-6-7-8-9(10)11-4-2;1-2-11-8(10)6-4-3-5-7-9;;2-1(3)4/h3-8H2,1-2H3;2-7H2,1H3;;(H,2,3,4). The van der Waals surface area contributed by atoms with Gasteiger partial charge in [0.1, 0.15) is 0 Å². The molecular weight excluding hydrogens is 518 g/mol. The molecule has 0 aliphatic rings. The third-order valence-electron chi connectivity index (χ3n) is 2.86. The maximum absolute atomic E-state index is 10.8. The number of carbonyl (C=O) groups excluding carboxylic acids is 2. The Bertz CT molecular complexity index is 317. The number of hydrogen-bond acceptors (Lipinski definition) is 6. The molecule has 10 heteroatoms. The Hall–Kier alpha value is -0.640. The third-order valence-corrected chi connectivity index (χ3v) is 3.42. The van der Waals surface area contributed by atoms with Crippen molar-refractivity contribution in [3.63, 3.8) is 0 Å². The van der Waals surface area contributed by atoms with E-state index in [1.54, 1.807) is 0 Å². The van der Waals surface area contributed by atoms with Crippen LogP contribution in [0.2, 0.25) is 0 Å². The Morgan fingerprint density at radius 3 is 1.56 bits per heavy atom. The van der Waals surface area contributed by atoms with E-state index < -0.39 is 5.09 Å². The Morgan fingerprint density at radius 1 is 0.889 bits per heavy atom. The first-order chi connectivity index (χ1) is 12.3. The summed E-state index contributed by atoms with van der Waals surface area (Å²) in [5, 5.41) is 14.7. The SMILES string of the molecule is CCCCCCC(=O)OCC.CCOC(=O)CCCCCBr.O=[N+]([O-])O.[Ag]. The number of nitrogens with zero attached hydrogens (tertiary/aromatic N) is 1. The van der Waals surface area contributed by atoms with Gasteiger partial charge in [0.15, 0.2) is 0 Å². The maximum atomic E-state index is 10.8. The van der Waals surface area contributed by atoms with E-state index in [2.05, 4.69) is 22.9 Å². The number of halogens is 1. The van der Waals surface area contributed by atoms with Crippen molar-refractivity contribution in [3.05, 3.63) is 10.1 Å². The summed E-state index contributed by atoms with van der Waals surface area (Å²) >= 11 is 3.33. The number of hydrogen-bond donors (Lipinski definition) is 1. The number of unbranched alkanes of at least 4 members (excludes halogenated alkanes) is 5. The summed E-state index contributed by atoms with van der Waals surface area (Å²) in [4.78, 5) is 29.9. The fraction of sp³-hybridized carbons (Fsp3) is 0.882. The molecule has 0 spiro atoms. The summed E-state index contributed by atoms with van der Waals surface area (Å²) in [5.41, 5.74) is 0. The second-order valence-corrected chi connectivity index (χ2v) is 5.95. The molecule has 0 bridgehead atoms. The zero-order valence-corrected chi connectivity index (χ0v) is 19.6. The summed E-state index contributed by atoms with van der Waals surface area (Å²) in [6.07, 6.45) is 8.91. The maximum Gasteiger partial charge on any atom is 0.305 e. The van der Waals surface area contributed by atoms with E-state index in [1.807, 2.05) is 13.8 Å². The molecule has 0 unspecified atom stereocenters. The molecule has 0 aromatic rings. The van der Waals surface area contributed by atoms with Gasteiger partial charge < -0.3 is 14.7 Å². The van der Waals surface area contributed by atoms with Gasteiger partial charge in [0, 0.05) is 40.6 Å². The molecule has 0 saturated carbocycles. The molecule has 0 saturated heterocycles. The first kappa shape index (κ1) is 33.9. The van der Waals surface area contributed by atoms with E-state index in [9.17, 15) is 9.59 Å². The summed E-state index contributed by atoms with van der Waals surface area (Å²) < 4.78 is 9.55. The van der Waals surface area contributed by atoms with E-state index >= 15 is 0 Å². The fourth-order valence-electron chi connectivity index (χ4n) is 1.70. The molecule has 1 radical (unpaired) electrons. The average Bonchev–Trinajstić information content (AvgIpc) is 2.56. The molecule has 0 aliphatic heterocycles. The predicted octanol–water partition coefficient (Wildman–Crippen LogP) is 4.67. The van der Waals surface area contributed by atoms with Crippen molar-refractivity contribution in [1.82, 2.24) is 0 Å². The number of carbonyl (C=O) groups is 2. The zero-order valence-electron chi connectivity index (χ0n) is 16.5. The van der Waals surface area contributed by atoms with Crippen LogP contribution >= 0.6 is 15.9 Å². The van der Waals surface area contributed by atoms with Crippen molar-refractivity contribution in [3.8, 4) is 0 Å². The predicted molar refractivity (Wildman–Crippen MR) is 103 cm³/mol. The molecule has 0 aromatic heterocycles. The van der Waals surface area contributed by atoms with E-state index in [0.717, 1.165) is 37.4 Å². The summed E-state index contributed by atoms with van der Waals surface area (Å²) in [7, 11) is 0. The summed E-state index contributed by atoms with van der Waals surface area (Å²) in [6, 6.07) is 0. The Balaban J connectivity index is -0.000000159. The van der Waals surface area contributed by atoms with E-state index in [-0.39, 0.29) is 34.3 Å². The quantitative estimate of drug-likeness (QED) is 0.0934. The van der Waals surface area contributed by atoms with Gasteiger partial charge >= 0.3 is 11.9 Å². The molecule has 1 N–H and O–H groups in total. The average molecular weight is 552 g/mol. The van der Waals surface area contributed by atoms with Gasteiger partial charge in [-0.1, -0.05) is 48.5 Å². The van der Waals surface area contributed by atoms with E-state index in [1.165, 1.54) is 12.8 Å². The van der Waals surface area contributed by atoms with Gasteiger partial charge in [-0.15, -0.1) is 10.1 Å². The first-order valence-electron chi connectivity index (χ1n) is 9.05. The molecule has 8 nitrogen and oxygen atoms in total. The monoisotopic (exact) mass is 550 g/mol. The summed E-state index contributed by atoms with van der Waals surface area (Å²) in [6.45, 7) is 6.83. The van der Waals surface area contributed by atoms with Crippen molar-refractivity contribution in [2.75, 3.05) is 18.5 Å². The summed E-state index contributed by atoms with van der Waals surface area (Å²) in [5.74, 6) is -0.120.